The Balaban J connectivity index is 1.64. The second-order valence-electron chi connectivity index (χ2n) is 5.70. The molecule has 0 aliphatic carbocycles. The molecule has 2 amide bonds. The summed E-state index contributed by atoms with van der Waals surface area (Å²) >= 11 is 3.22. The number of H-pyrrole nitrogens is 1. The van der Waals surface area contributed by atoms with Gasteiger partial charge in [0.1, 0.15) is 5.69 Å². The molecule has 1 atom stereocenters. The molecule has 25 heavy (non-hydrogen) atoms. The van der Waals surface area contributed by atoms with Crippen molar-refractivity contribution >= 4 is 33.4 Å². The number of hydrogen-bond donors (Lipinski definition) is 2. The van der Waals surface area contributed by atoms with Gasteiger partial charge >= 0.3 is 0 Å². The van der Waals surface area contributed by atoms with E-state index in [4.69, 9.17) is 0 Å². The first-order valence-corrected chi connectivity index (χ1v) is 8.23. The van der Waals surface area contributed by atoms with Gasteiger partial charge in [-0.15, -0.1) is 0 Å². The molecule has 3 rings (SSSR count). The minimum atomic E-state index is -1.59. The third-order valence-electron chi connectivity index (χ3n) is 3.98. The second kappa shape index (κ2) is 6.91. The van der Waals surface area contributed by atoms with Crippen LogP contribution in [-0.4, -0.2) is 34.8 Å². The molecule has 2 aromatic rings. The SMILES string of the molecule is O=C(Nc1cc(F)c(F)c(F)c1)[C@H]1CCN(C(=O)c2ccc(Br)[nH]2)C1. The maximum Gasteiger partial charge on any atom is 0.270 e. The molecule has 1 aliphatic rings. The number of anilines is 1. The molecular weight excluding hydrogens is 403 g/mol. The smallest absolute Gasteiger partial charge is 0.270 e. The predicted octanol–water partition coefficient (Wildman–Crippen LogP) is 3.30. The average Bonchev–Trinajstić information content (AvgIpc) is 3.21. The highest BCUT2D eigenvalue weighted by Crippen LogP contribution is 2.23. The summed E-state index contributed by atoms with van der Waals surface area (Å²) in [5.41, 5.74) is 0.232. The van der Waals surface area contributed by atoms with Crippen LogP contribution in [0.25, 0.3) is 0 Å². The van der Waals surface area contributed by atoms with Gasteiger partial charge in [-0.3, -0.25) is 9.59 Å². The fourth-order valence-corrected chi connectivity index (χ4v) is 3.04. The summed E-state index contributed by atoms with van der Waals surface area (Å²) in [7, 11) is 0. The minimum Gasteiger partial charge on any atom is -0.345 e. The van der Waals surface area contributed by atoms with Crippen molar-refractivity contribution in [3.05, 3.63) is 52.0 Å². The number of halogens is 4. The van der Waals surface area contributed by atoms with E-state index in [-0.39, 0.29) is 18.1 Å². The molecule has 1 aromatic heterocycles. The topological polar surface area (TPSA) is 65.2 Å². The minimum absolute atomic E-state index is 0.167. The molecule has 132 valence electrons. The van der Waals surface area contributed by atoms with Gasteiger partial charge in [-0.05, 0) is 34.5 Å². The molecule has 9 heteroatoms. The number of aromatic nitrogens is 1. The van der Waals surface area contributed by atoms with Crippen LogP contribution in [0, 0.1) is 23.4 Å². The highest BCUT2D eigenvalue weighted by molar-refractivity contribution is 9.10. The number of nitrogens with zero attached hydrogens (tertiary/aromatic N) is 1. The van der Waals surface area contributed by atoms with Gasteiger partial charge in [0.05, 0.1) is 10.5 Å². The van der Waals surface area contributed by atoms with Gasteiger partial charge in [-0.1, -0.05) is 0 Å². The van der Waals surface area contributed by atoms with Crippen LogP contribution >= 0.6 is 15.9 Å². The number of benzene rings is 1. The van der Waals surface area contributed by atoms with Crippen LogP contribution in [-0.2, 0) is 4.79 Å². The first-order valence-electron chi connectivity index (χ1n) is 7.44. The Morgan fingerprint density at radius 1 is 1.20 bits per heavy atom. The van der Waals surface area contributed by atoms with Crippen molar-refractivity contribution in [2.75, 3.05) is 18.4 Å². The molecule has 1 saturated heterocycles. The number of carbonyl (C=O) groups is 2. The molecule has 1 aromatic carbocycles. The van der Waals surface area contributed by atoms with E-state index in [0.717, 1.165) is 0 Å². The van der Waals surface area contributed by atoms with Gasteiger partial charge in [0.2, 0.25) is 5.91 Å². The van der Waals surface area contributed by atoms with Crippen molar-refractivity contribution in [3.63, 3.8) is 0 Å². The lowest BCUT2D eigenvalue weighted by atomic mass is 10.1. The van der Waals surface area contributed by atoms with E-state index in [2.05, 4.69) is 26.2 Å². The zero-order chi connectivity index (χ0) is 18.1. The predicted molar refractivity (Wildman–Crippen MR) is 87.4 cm³/mol. The number of carbonyl (C=O) groups excluding carboxylic acids is 2. The van der Waals surface area contributed by atoms with Crippen LogP contribution in [0.4, 0.5) is 18.9 Å². The Kier molecular flexibility index (Phi) is 4.85. The Morgan fingerprint density at radius 2 is 1.88 bits per heavy atom. The number of aromatic amines is 1. The van der Waals surface area contributed by atoms with Crippen molar-refractivity contribution in [2.24, 2.45) is 5.92 Å². The molecule has 2 N–H and O–H groups in total. The third kappa shape index (κ3) is 3.71. The van der Waals surface area contributed by atoms with E-state index in [1.165, 1.54) is 4.90 Å². The second-order valence-corrected chi connectivity index (χ2v) is 6.55. The fourth-order valence-electron chi connectivity index (χ4n) is 2.69. The van der Waals surface area contributed by atoms with Crippen molar-refractivity contribution < 1.29 is 22.8 Å². The third-order valence-corrected chi connectivity index (χ3v) is 4.44. The molecule has 1 fully saturated rings. The highest BCUT2D eigenvalue weighted by atomic mass is 79.9. The Morgan fingerprint density at radius 3 is 2.48 bits per heavy atom. The number of rotatable bonds is 3. The summed E-state index contributed by atoms with van der Waals surface area (Å²) < 4.78 is 40.0. The largest absolute Gasteiger partial charge is 0.345 e. The Bertz CT molecular complexity index is 817. The standard InChI is InChI=1S/C16H13BrF3N3O2/c17-13-2-1-12(22-13)16(25)23-4-3-8(7-23)15(24)21-9-5-10(18)14(20)11(19)6-9/h1-2,5-6,8,22H,3-4,7H2,(H,21,24)/t8-/m0/s1. The van der Waals surface area contributed by atoms with Crippen LogP contribution in [0.2, 0.25) is 0 Å². The van der Waals surface area contributed by atoms with Crippen LogP contribution in [0.3, 0.4) is 0 Å². The summed E-state index contributed by atoms with van der Waals surface area (Å²) in [5, 5.41) is 2.36. The normalized spacial score (nSPS) is 17.0. The molecule has 1 aliphatic heterocycles. The van der Waals surface area contributed by atoms with E-state index in [1.807, 2.05) is 0 Å². The monoisotopic (exact) mass is 415 g/mol. The average molecular weight is 416 g/mol. The zero-order valence-electron chi connectivity index (χ0n) is 12.8. The van der Waals surface area contributed by atoms with Gasteiger partial charge in [0, 0.05) is 30.9 Å². The van der Waals surface area contributed by atoms with Gasteiger partial charge in [-0.2, -0.15) is 0 Å². The van der Waals surface area contributed by atoms with Crippen molar-refractivity contribution in [1.29, 1.82) is 0 Å². The summed E-state index contributed by atoms with van der Waals surface area (Å²) in [5.74, 6) is -5.58. The number of amides is 2. The lowest BCUT2D eigenvalue weighted by Gasteiger charge is -2.15. The Hall–Kier alpha value is -2.29. The van der Waals surface area contributed by atoms with E-state index in [1.54, 1.807) is 12.1 Å². The van der Waals surface area contributed by atoms with Gasteiger partial charge in [0.25, 0.3) is 5.91 Å². The van der Waals surface area contributed by atoms with Crippen LogP contribution < -0.4 is 5.32 Å². The molecule has 0 bridgehead atoms. The lowest BCUT2D eigenvalue weighted by Crippen LogP contribution is -2.31. The quantitative estimate of drug-likeness (QED) is 0.755. The van der Waals surface area contributed by atoms with Gasteiger partial charge in [0.15, 0.2) is 17.5 Å². The van der Waals surface area contributed by atoms with Gasteiger partial charge < -0.3 is 15.2 Å². The first kappa shape index (κ1) is 17.5. The van der Waals surface area contributed by atoms with Crippen LogP contribution in [0.1, 0.15) is 16.9 Å². The molecule has 2 heterocycles. The van der Waals surface area contributed by atoms with E-state index >= 15 is 0 Å². The van der Waals surface area contributed by atoms with Crippen molar-refractivity contribution in [2.45, 2.75) is 6.42 Å². The van der Waals surface area contributed by atoms with Crippen LogP contribution in [0.5, 0.6) is 0 Å². The van der Waals surface area contributed by atoms with Gasteiger partial charge in [-0.25, -0.2) is 13.2 Å². The summed E-state index contributed by atoms with van der Waals surface area (Å²) in [6.07, 6.45) is 0.422. The molecular formula is C16H13BrF3N3O2. The van der Waals surface area contributed by atoms with Crippen molar-refractivity contribution in [1.82, 2.24) is 9.88 Å². The highest BCUT2D eigenvalue weighted by Gasteiger charge is 2.32. The number of likely N-dealkylation sites (tertiary alicyclic amines) is 1. The molecule has 0 saturated carbocycles. The number of hydrogen-bond acceptors (Lipinski definition) is 2. The van der Waals surface area contributed by atoms with Crippen LogP contribution in [0.15, 0.2) is 28.9 Å². The number of nitrogens with one attached hydrogen (secondary N) is 2. The maximum absolute atomic E-state index is 13.2. The van der Waals surface area contributed by atoms with Crippen molar-refractivity contribution in [3.8, 4) is 0 Å². The van der Waals surface area contributed by atoms with E-state index < -0.39 is 29.3 Å². The van der Waals surface area contributed by atoms with E-state index in [0.29, 0.717) is 35.4 Å². The molecule has 0 radical (unpaired) electrons. The summed E-state index contributed by atoms with van der Waals surface area (Å²) in [4.78, 5) is 28.9. The van der Waals surface area contributed by atoms with E-state index in [9.17, 15) is 22.8 Å². The summed E-state index contributed by atoms with van der Waals surface area (Å²) in [6.45, 7) is 0.577. The fraction of sp³-hybridized carbons (Fsp3) is 0.250. The molecule has 0 spiro atoms. The maximum atomic E-state index is 13.2. The molecule has 5 nitrogen and oxygen atoms in total. The zero-order valence-corrected chi connectivity index (χ0v) is 14.4. The summed E-state index contributed by atoms with van der Waals surface area (Å²) in [6, 6.07) is 4.75. The Labute approximate surface area is 149 Å². The first-order chi connectivity index (χ1) is 11.8. The lowest BCUT2D eigenvalue weighted by molar-refractivity contribution is -0.119. The molecule has 0 unspecified atom stereocenters.